The van der Waals surface area contributed by atoms with Gasteiger partial charge in [-0.25, -0.2) is 0 Å². The van der Waals surface area contributed by atoms with Crippen molar-refractivity contribution in [2.75, 3.05) is 0 Å². The topological polar surface area (TPSA) is 37.3 Å². The SMILES string of the molecule is Cc1cc2ccc(C(C)C(=O)O)cc2cc1C. The van der Waals surface area contributed by atoms with Crippen LogP contribution >= 0.6 is 0 Å². The average Bonchev–Trinajstić information content (AvgIpc) is 2.29. The predicted molar refractivity (Wildman–Crippen MR) is 69.5 cm³/mol. The molecule has 0 saturated heterocycles. The van der Waals surface area contributed by atoms with E-state index >= 15 is 0 Å². The van der Waals surface area contributed by atoms with E-state index in [9.17, 15) is 4.79 Å². The molecular formula is C15H16O2. The van der Waals surface area contributed by atoms with E-state index in [2.05, 4.69) is 26.0 Å². The highest BCUT2D eigenvalue weighted by Crippen LogP contribution is 2.24. The zero-order valence-electron chi connectivity index (χ0n) is 10.3. The standard InChI is InChI=1S/C15H16O2/c1-9-6-13-5-4-12(11(3)15(16)17)8-14(13)7-10(9)2/h4-8,11H,1-3H3,(H,16,17). The van der Waals surface area contributed by atoms with Crippen molar-refractivity contribution in [1.82, 2.24) is 0 Å². The summed E-state index contributed by atoms with van der Waals surface area (Å²) in [5, 5.41) is 11.3. The molecule has 88 valence electrons. The van der Waals surface area contributed by atoms with Crippen LogP contribution in [0, 0.1) is 13.8 Å². The van der Waals surface area contributed by atoms with E-state index in [0.717, 1.165) is 16.3 Å². The van der Waals surface area contributed by atoms with Crippen LogP contribution < -0.4 is 0 Å². The van der Waals surface area contributed by atoms with Gasteiger partial charge in [-0.15, -0.1) is 0 Å². The quantitative estimate of drug-likeness (QED) is 0.852. The van der Waals surface area contributed by atoms with Crippen LogP contribution in [-0.2, 0) is 4.79 Å². The fourth-order valence-electron chi connectivity index (χ4n) is 1.96. The van der Waals surface area contributed by atoms with E-state index in [4.69, 9.17) is 5.11 Å². The monoisotopic (exact) mass is 228 g/mol. The second-order valence-electron chi connectivity index (χ2n) is 4.60. The maximum atomic E-state index is 11.0. The van der Waals surface area contributed by atoms with Crippen molar-refractivity contribution in [3.8, 4) is 0 Å². The lowest BCUT2D eigenvalue weighted by molar-refractivity contribution is -0.138. The molecule has 0 fully saturated rings. The van der Waals surface area contributed by atoms with E-state index < -0.39 is 11.9 Å². The zero-order valence-corrected chi connectivity index (χ0v) is 10.3. The minimum Gasteiger partial charge on any atom is -0.481 e. The van der Waals surface area contributed by atoms with Gasteiger partial charge >= 0.3 is 5.97 Å². The lowest BCUT2D eigenvalue weighted by Gasteiger charge is -2.09. The molecule has 1 atom stereocenters. The number of carboxylic acid groups (broad SMARTS) is 1. The van der Waals surface area contributed by atoms with Crippen LogP contribution in [0.5, 0.6) is 0 Å². The number of carbonyl (C=O) groups is 1. The number of carboxylic acids is 1. The van der Waals surface area contributed by atoms with Crippen molar-refractivity contribution in [3.63, 3.8) is 0 Å². The Balaban J connectivity index is 2.57. The molecule has 0 spiro atoms. The van der Waals surface area contributed by atoms with Crippen LogP contribution in [-0.4, -0.2) is 11.1 Å². The van der Waals surface area contributed by atoms with Crippen LogP contribution in [0.25, 0.3) is 10.8 Å². The fraction of sp³-hybridized carbons (Fsp3) is 0.267. The predicted octanol–water partition coefficient (Wildman–Crippen LogP) is 3.64. The van der Waals surface area contributed by atoms with Crippen LogP contribution in [0.4, 0.5) is 0 Å². The molecule has 2 heteroatoms. The molecule has 0 bridgehead atoms. The molecule has 17 heavy (non-hydrogen) atoms. The molecule has 0 aliphatic rings. The first kappa shape index (κ1) is 11.6. The summed E-state index contributed by atoms with van der Waals surface area (Å²) in [6.07, 6.45) is 0. The number of aryl methyl sites for hydroxylation is 2. The largest absolute Gasteiger partial charge is 0.481 e. The van der Waals surface area contributed by atoms with Gasteiger partial charge < -0.3 is 5.11 Å². The molecule has 2 nitrogen and oxygen atoms in total. The zero-order chi connectivity index (χ0) is 12.6. The molecule has 0 aliphatic carbocycles. The van der Waals surface area contributed by atoms with Gasteiger partial charge in [-0.2, -0.15) is 0 Å². The molecule has 2 aromatic carbocycles. The third kappa shape index (κ3) is 2.16. The van der Waals surface area contributed by atoms with E-state index in [-0.39, 0.29) is 0 Å². The van der Waals surface area contributed by atoms with E-state index in [0.29, 0.717) is 0 Å². The normalized spacial score (nSPS) is 12.6. The Morgan fingerprint density at radius 3 is 2.24 bits per heavy atom. The van der Waals surface area contributed by atoms with Crippen LogP contribution in [0.2, 0.25) is 0 Å². The number of aliphatic carboxylic acids is 1. The highest BCUT2D eigenvalue weighted by Gasteiger charge is 2.13. The maximum absolute atomic E-state index is 11.0. The minimum absolute atomic E-state index is 0.457. The van der Waals surface area contributed by atoms with Crippen molar-refractivity contribution < 1.29 is 9.90 Å². The molecule has 0 aliphatic heterocycles. The molecule has 0 aromatic heterocycles. The second-order valence-corrected chi connectivity index (χ2v) is 4.60. The van der Waals surface area contributed by atoms with Gasteiger partial charge in [0.1, 0.15) is 0 Å². The Morgan fingerprint density at radius 1 is 1.06 bits per heavy atom. The first-order valence-electron chi connectivity index (χ1n) is 5.73. The van der Waals surface area contributed by atoms with Crippen molar-refractivity contribution in [3.05, 3.63) is 47.0 Å². The van der Waals surface area contributed by atoms with Crippen LogP contribution in [0.1, 0.15) is 29.5 Å². The van der Waals surface area contributed by atoms with Crippen molar-refractivity contribution >= 4 is 16.7 Å². The van der Waals surface area contributed by atoms with Gasteiger partial charge in [0.25, 0.3) is 0 Å². The van der Waals surface area contributed by atoms with E-state index in [1.54, 1.807) is 6.92 Å². The summed E-state index contributed by atoms with van der Waals surface area (Å²) >= 11 is 0. The van der Waals surface area contributed by atoms with Gasteiger partial charge in [-0.1, -0.05) is 30.3 Å². The molecule has 0 heterocycles. The van der Waals surface area contributed by atoms with Crippen molar-refractivity contribution in [2.45, 2.75) is 26.7 Å². The average molecular weight is 228 g/mol. The first-order chi connectivity index (χ1) is 7.99. The van der Waals surface area contributed by atoms with Gasteiger partial charge in [0.05, 0.1) is 5.92 Å². The number of rotatable bonds is 2. The fourth-order valence-corrected chi connectivity index (χ4v) is 1.96. The Kier molecular flexibility index (Phi) is 2.88. The van der Waals surface area contributed by atoms with Gasteiger partial charge in [-0.05, 0) is 48.2 Å². The van der Waals surface area contributed by atoms with E-state index in [1.165, 1.54) is 11.1 Å². The summed E-state index contributed by atoms with van der Waals surface area (Å²) in [4.78, 5) is 11.0. The van der Waals surface area contributed by atoms with Gasteiger partial charge in [0.15, 0.2) is 0 Å². The summed E-state index contributed by atoms with van der Waals surface area (Å²) in [5.74, 6) is -1.24. The van der Waals surface area contributed by atoms with Crippen LogP contribution in [0.3, 0.4) is 0 Å². The van der Waals surface area contributed by atoms with Crippen molar-refractivity contribution in [2.24, 2.45) is 0 Å². The number of hydrogen-bond donors (Lipinski definition) is 1. The summed E-state index contributed by atoms with van der Waals surface area (Å²) in [6, 6.07) is 10.1. The third-order valence-electron chi connectivity index (χ3n) is 3.35. The smallest absolute Gasteiger partial charge is 0.310 e. The summed E-state index contributed by atoms with van der Waals surface area (Å²) < 4.78 is 0. The number of hydrogen-bond acceptors (Lipinski definition) is 1. The maximum Gasteiger partial charge on any atom is 0.310 e. The summed E-state index contributed by atoms with van der Waals surface area (Å²) in [7, 11) is 0. The van der Waals surface area contributed by atoms with Crippen LogP contribution in [0.15, 0.2) is 30.3 Å². The third-order valence-corrected chi connectivity index (χ3v) is 3.35. The van der Waals surface area contributed by atoms with Gasteiger partial charge in [0.2, 0.25) is 0 Å². The molecule has 2 aromatic rings. The molecule has 0 saturated carbocycles. The molecule has 2 rings (SSSR count). The Morgan fingerprint density at radius 2 is 1.65 bits per heavy atom. The van der Waals surface area contributed by atoms with Crippen molar-refractivity contribution in [1.29, 1.82) is 0 Å². The summed E-state index contributed by atoms with van der Waals surface area (Å²) in [5.41, 5.74) is 3.35. The van der Waals surface area contributed by atoms with Gasteiger partial charge in [-0.3, -0.25) is 4.79 Å². The summed E-state index contributed by atoms with van der Waals surface area (Å²) in [6.45, 7) is 5.87. The lowest BCUT2D eigenvalue weighted by atomic mass is 9.96. The first-order valence-corrected chi connectivity index (χ1v) is 5.73. The minimum atomic E-state index is -0.784. The Labute approximate surface area is 101 Å². The Bertz CT molecular complexity index is 585. The molecule has 0 radical (unpaired) electrons. The number of benzene rings is 2. The number of fused-ring (bicyclic) bond motifs is 1. The highest BCUT2D eigenvalue weighted by atomic mass is 16.4. The highest BCUT2D eigenvalue weighted by molar-refractivity contribution is 5.86. The van der Waals surface area contributed by atoms with Gasteiger partial charge in [0, 0.05) is 0 Å². The molecule has 1 unspecified atom stereocenters. The second kappa shape index (κ2) is 4.21. The Hall–Kier alpha value is -1.83. The lowest BCUT2D eigenvalue weighted by Crippen LogP contribution is -2.07. The molecule has 0 amide bonds. The molecular weight excluding hydrogens is 212 g/mol. The van der Waals surface area contributed by atoms with E-state index in [1.807, 2.05) is 18.2 Å². The molecule has 1 N–H and O–H groups in total.